The number of rotatable bonds is 2. The monoisotopic (exact) mass is 332 g/mol. The van der Waals surface area contributed by atoms with E-state index in [2.05, 4.69) is 16.9 Å². The van der Waals surface area contributed by atoms with Crippen molar-refractivity contribution in [1.82, 2.24) is 14.9 Å². The quantitative estimate of drug-likeness (QED) is 0.917. The van der Waals surface area contributed by atoms with E-state index in [1.165, 1.54) is 0 Å². The van der Waals surface area contributed by atoms with Gasteiger partial charge in [0.2, 0.25) is 0 Å². The van der Waals surface area contributed by atoms with Gasteiger partial charge in [0.25, 0.3) is 5.91 Å². The van der Waals surface area contributed by atoms with Crippen molar-refractivity contribution in [1.29, 1.82) is 0 Å². The van der Waals surface area contributed by atoms with E-state index in [9.17, 15) is 4.79 Å². The largest absolute Gasteiger partial charge is 0.334 e. The lowest BCUT2D eigenvalue weighted by Crippen LogP contribution is -2.50. The van der Waals surface area contributed by atoms with Crippen LogP contribution < -0.4 is 5.73 Å². The molecule has 2 aromatic rings. The maximum Gasteiger partial charge on any atom is 0.254 e. The Bertz CT molecular complexity index is 665. The highest BCUT2D eigenvalue weighted by molar-refractivity contribution is 6.00. The summed E-state index contributed by atoms with van der Waals surface area (Å²) in [4.78, 5) is 23.4. The van der Waals surface area contributed by atoms with Gasteiger partial charge >= 0.3 is 0 Å². The minimum Gasteiger partial charge on any atom is -0.334 e. The molecule has 0 radical (unpaired) electrons. The van der Waals surface area contributed by atoms with Crippen LogP contribution in [0.5, 0.6) is 0 Å². The Labute approximate surface area is 142 Å². The van der Waals surface area contributed by atoms with Crippen LogP contribution in [0.4, 0.5) is 0 Å². The number of likely N-dealkylation sites (tertiary alicyclic amines) is 1. The van der Waals surface area contributed by atoms with Gasteiger partial charge in [0.15, 0.2) is 5.82 Å². The molecule has 0 aliphatic carbocycles. The molecule has 1 saturated heterocycles. The molecular weight excluding hydrogens is 312 g/mol. The minimum absolute atomic E-state index is 0. The van der Waals surface area contributed by atoms with Crippen LogP contribution in [0.1, 0.15) is 30.1 Å². The Morgan fingerprint density at radius 2 is 1.87 bits per heavy atom. The summed E-state index contributed by atoms with van der Waals surface area (Å²) in [7, 11) is 0. The van der Waals surface area contributed by atoms with E-state index < -0.39 is 0 Å². The maximum absolute atomic E-state index is 13.0. The first-order valence-corrected chi connectivity index (χ1v) is 7.60. The summed E-state index contributed by atoms with van der Waals surface area (Å²) in [5.74, 6) is 0.575. The van der Waals surface area contributed by atoms with Crippen LogP contribution in [0, 0.1) is 0 Å². The molecule has 3 rings (SSSR count). The minimum atomic E-state index is 0. The van der Waals surface area contributed by atoms with Crippen molar-refractivity contribution in [3.05, 3.63) is 48.3 Å². The van der Waals surface area contributed by atoms with Gasteiger partial charge in [0.05, 0.1) is 5.56 Å². The van der Waals surface area contributed by atoms with Gasteiger partial charge in [0.1, 0.15) is 0 Å². The number of halogens is 1. The zero-order valence-corrected chi connectivity index (χ0v) is 13.9. The molecule has 1 aliphatic rings. The maximum atomic E-state index is 13.0. The number of hydrogen-bond acceptors (Lipinski definition) is 4. The van der Waals surface area contributed by atoms with Gasteiger partial charge in [-0.3, -0.25) is 4.79 Å². The van der Waals surface area contributed by atoms with E-state index in [0.29, 0.717) is 17.9 Å². The number of nitrogens with two attached hydrogens (primary N) is 1. The average molecular weight is 333 g/mol. The summed E-state index contributed by atoms with van der Waals surface area (Å²) >= 11 is 0. The molecule has 122 valence electrons. The van der Waals surface area contributed by atoms with E-state index in [1.807, 2.05) is 29.2 Å². The van der Waals surface area contributed by atoms with Gasteiger partial charge in [-0.25, -0.2) is 9.97 Å². The summed E-state index contributed by atoms with van der Waals surface area (Å²) in [6.45, 7) is 2.68. The molecule has 23 heavy (non-hydrogen) atoms. The first-order chi connectivity index (χ1) is 10.7. The molecule has 0 unspecified atom stereocenters. The Hall–Kier alpha value is -1.98. The van der Waals surface area contributed by atoms with E-state index in [-0.39, 0.29) is 30.4 Å². The number of piperidine rings is 1. The second kappa shape index (κ2) is 7.53. The number of benzene rings is 1. The third-order valence-corrected chi connectivity index (χ3v) is 4.14. The fourth-order valence-corrected chi connectivity index (χ4v) is 2.88. The van der Waals surface area contributed by atoms with Crippen LogP contribution >= 0.6 is 12.4 Å². The van der Waals surface area contributed by atoms with Crippen molar-refractivity contribution in [2.24, 2.45) is 5.73 Å². The molecule has 1 fully saturated rings. The number of aromatic nitrogens is 2. The third-order valence-electron chi connectivity index (χ3n) is 4.14. The van der Waals surface area contributed by atoms with Crippen LogP contribution in [-0.4, -0.2) is 39.4 Å². The molecule has 1 amide bonds. The van der Waals surface area contributed by atoms with E-state index in [4.69, 9.17) is 5.73 Å². The van der Waals surface area contributed by atoms with Crippen molar-refractivity contribution in [2.45, 2.75) is 31.8 Å². The van der Waals surface area contributed by atoms with E-state index >= 15 is 0 Å². The standard InChI is InChI=1S/C17H20N4O.ClH/c1-12-7-8-13(18)11-21(12)17(22)15-6-3-2-5-14(15)16-19-9-4-10-20-16;/h2-6,9-10,12-13H,7-8,11,18H2,1H3;1H/t12-,13-;/m1./s1. The molecule has 6 heteroatoms. The molecule has 0 bridgehead atoms. The highest BCUT2D eigenvalue weighted by Gasteiger charge is 2.29. The molecule has 1 aromatic carbocycles. The van der Waals surface area contributed by atoms with Gasteiger partial charge in [0, 0.05) is 36.6 Å². The van der Waals surface area contributed by atoms with Crippen molar-refractivity contribution in [3.8, 4) is 11.4 Å². The van der Waals surface area contributed by atoms with Crippen LogP contribution in [-0.2, 0) is 0 Å². The van der Waals surface area contributed by atoms with Crippen molar-refractivity contribution >= 4 is 18.3 Å². The van der Waals surface area contributed by atoms with Gasteiger partial charge in [-0.1, -0.05) is 18.2 Å². The molecular formula is C17H21ClN4O. The fourth-order valence-electron chi connectivity index (χ4n) is 2.88. The Morgan fingerprint density at radius 3 is 2.61 bits per heavy atom. The van der Waals surface area contributed by atoms with Crippen molar-refractivity contribution < 1.29 is 4.79 Å². The highest BCUT2D eigenvalue weighted by Crippen LogP contribution is 2.24. The van der Waals surface area contributed by atoms with Gasteiger partial charge in [-0.2, -0.15) is 0 Å². The average Bonchev–Trinajstić information content (AvgIpc) is 2.57. The molecule has 2 atom stereocenters. The van der Waals surface area contributed by atoms with E-state index in [0.717, 1.165) is 18.4 Å². The first kappa shape index (κ1) is 17.4. The topological polar surface area (TPSA) is 72.1 Å². The predicted molar refractivity (Wildman–Crippen MR) is 92.4 cm³/mol. The smallest absolute Gasteiger partial charge is 0.254 e. The second-order valence-electron chi connectivity index (χ2n) is 5.76. The summed E-state index contributed by atoms with van der Waals surface area (Å²) in [6, 6.07) is 9.51. The number of carbonyl (C=O) groups excluding carboxylic acids is 1. The summed E-state index contributed by atoms with van der Waals surface area (Å²) < 4.78 is 0. The lowest BCUT2D eigenvalue weighted by molar-refractivity contribution is 0.0613. The molecule has 1 aliphatic heterocycles. The van der Waals surface area contributed by atoms with Crippen LogP contribution in [0.25, 0.3) is 11.4 Å². The summed E-state index contributed by atoms with van der Waals surface area (Å²) in [5, 5.41) is 0. The first-order valence-electron chi connectivity index (χ1n) is 7.60. The molecule has 0 spiro atoms. The summed E-state index contributed by atoms with van der Waals surface area (Å²) in [5.41, 5.74) is 7.43. The normalized spacial score (nSPS) is 20.7. The van der Waals surface area contributed by atoms with Gasteiger partial charge in [-0.05, 0) is 31.9 Å². The summed E-state index contributed by atoms with van der Waals surface area (Å²) in [6.07, 6.45) is 5.28. The van der Waals surface area contributed by atoms with Gasteiger partial charge < -0.3 is 10.6 Å². The predicted octanol–water partition coefficient (Wildman–Crippen LogP) is 2.52. The van der Waals surface area contributed by atoms with Gasteiger partial charge in [-0.15, -0.1) is 12.4 Å². The second-order valence-corrected chi connectivity index (χ2v) is 5.76. The lowest BCUT2D eigenvalue weighted by Gasteiger charge is -2.37. The Morgan fingerprint density at radius 1 is 1.17 bits per heavy atom. The molecule has 5 nitrogen and oxygen atoms in total. The SMILES string of the molecule is C[C@@H]1CC[C@@H](N)CN1C(=O)c1ccccc1-c1ncccn1.Cl. The van der Waals surface area contributed by atoms with Crippen LogP contribution in [0.2, 0.25) is 0 Å². The molecule has 2 N–H and O–H groups in total. The lowest BCUT2D eigenvalue weighted by atomic mass is 9.97. The Kier molecular flexibility index (Phi) is 5.69. The number of nitrogens with zero attached hydrogens (tertiary/aromatic N) is 3. The zero-order valence-electron chi connectivity index (χ0n) is 13.1. The number of hydrogen-bond donors (Lipinski definition) is 1. The van der Waals surface area contributed by atoms with Crippen LogP contribution in [0.3, 0.4) is 0 Å². The third kappa shape index (κ3) is 3.68. The van der Waals surface area contributed by atoms with Crippen molar-refractivity contribution in [3.63, 3.8) is 0 Å². The van der Waals surface area contributed by atoms with E-state index in [1.54, 1.807) is 18.5 Å². The highest BCUT2D eigenvalue weighted by atomic mass is 35.5. The molecule has 1 aromatic heterocycles. The Balaban J connectivity index is 0.00000192. The zero-order chi connectivity index (χ0) is 15.5. The number of amides is 1. The fraction of sp³-hybridized carbons (Fsp3) is 0.353. The van der Waals surface area contributed by atoms with Crippen molar-refractivity contribution in [2.75, 3.05) is 6.54 Å². The molecule has 0 saturated carbocycles. The van der Waals surface area contributed by atoms with Crippen LogP contribution in [0.15, 0.2) is 42.7 Å². The number of carbonyl (C=O) groups is 1. The molecule has 2 heterocycles.